The van der Waals surface area contributed by atoms with Gasteiger partial charge in [-0.2, -0.15) is 0 Å². The summed E-state index contributed by atoms with van der Waals surface area (Å²) in [6, 6.07) is 11.8. The molecule has 1 aliphatic rings. The first kappa shape index (κ1) is 12.3. The molecule has 0 aliphatic carbocycles. The second kappa shape index (κ2) is 4.53. The smallest absolute Gasteiger partial charge is 0.231 e. The molecule has 106 valence electrons. The number of rotatable bonds is 2. The molecule has 3 aromatic carbocycles. The highest BCUT2D eigenvalue weighted by molar-refractivity contribution is 6.10. The maximum absolute atomic E-state index is 9.63. The molecule has 0 amide bonds. The fraction of sp³-hybridized carbons (Fsp3) is 0.176. The largest absolute Gasteiger partial charge is 0.497 e. The molecular weight excluding hydrogens is 268 g/mol. The number of hydrogen-bond donors (Lipinski definition) is 1. The van der Waals surface area contributed by atoms with Gasteiger partial charge in [-0.1, -0.05) is 6.07 Å². The van der Waals surface area contributed by atoms with Gasteiger partial charge in [-0.3, -0.25) is 0 Å². The first-order valence-corrected chi connectivity index (χ1v) is 6.74. The van der Waals surface area contributed by atoms with Gasteiger partial charge in [0.2, 0.25) is 6.79 Å². The minimum atomic E-state index is -0.00674. The number of benzene rings is 3. The van der Waals surface area contributed by atoms with E-state index >= 15 is 0 Å². The van der Waals surface area contributed by atoms with Gasteiger partial charge in [-0.25, -0.2) is 0 Å². The SMILES string of the molecule is COc1ccc2c(CO)cc3cc4c(cc3c2c1)OCO4. The number of methoxy groups -OCH3 is 1. The van der Waals surface area contributed by atoms with Crippen molar-refractivity contribution in [3.05, 3.63) is 42.0 Å². The van der Waals surface area contributed by atoms with Crippen molar-refractivity contribution in [1.82, 2.24) is 0 Å². The molecule has 1 aliphatic heterocycles. The van der Waals surface area contributed by atoms with Crippen molar-refractivity contribution in [2.45, 2.75) is 6.61 Å². The van der Waals surface area contributed by atoms with Gasteiger partial charge in [-0.15, -0.1) is 0 Å². The Bertz CT molecular complexity index is 854. The molecule has 0 atom stereocenters. The molecule has 0 radical (unpaired) electrons. The van der Waals surface area contributed by atoms with Crippen LogP contribution in [0, 0.1) is 0 Å². The highest BCUT2D eigenvalue weighted by Gasteiger charge is 2.16. The average molecular weight is 282 g/mol. The topological polar surface area (TPSA) is 47.9 Å². The molecule has 0 unspecified atom stereocenters. The van der Waals surface area contributed by atoms with Crippen molar-refractivity contribution in [3.8, 4) is 17.2 Å². The maximum Gasteiger partial charge on any atom is 0.231 e. The molecule has 0 bridgehead atoms. The lowest BCUT2D eigenvalue weighted by atomic mass is 9.97. The van der Waals surface area contributed by atoms with E-state index in [0.29, 0.717) is 0 Å². The van der Waals surface area contributed by atoms with Crippen LogP contribution in [0.1, 0.15) is 5.56 Å². The number of aliphatic hydroxyl groups excluding tert-OH is 1. The molecule has 1 heterocycles. The third-order valence-corrected chi connectivity index (χ3v) is 3.91. The zero-order valence-electron chi connectivity index (χ0n) is 11.6. The highest BCUT2D eigenvalue weighted by atomic mass is 16.7. The number of fused-ring (bicyclic) bond motifs is 4. The van der Waals surface area contributed by atoms with Crippen LogP contribution in [0.15, 0.2) is 36.4 Å². The third-order valence-electron chi connectivity index (χ3n) is 3.91. The van der Waals surface area contributed by atoms with Crippen molar-refractivity contribution >= 4 is 21.5 Å². The first-order valence-electron chi connectivity index (χ1n) is 6.74. The number of hydrogen-bond acceptors (Lipinski definition) is 4. The predicted molar refractivity (Wildman–Crippen MR) is 80.1 cm³/mol. The standard InChI is InChI=1S/C17H14O4/c1-19-12-2-3-13-11(8-18)4-10-5-16-17(21-9-20-16)7-14(10)15(13)6-12/h2-7,18H,8-9H2,1H3. The molecular formula is C17H14O4. The molecule has 4 nitrogen and oxygen atoms in total. The first-order chi connectivity index (χ1) is 10.3. The van der Waals surface area contributed by atoms with Gasteiger partial charge in [-0.05, 0) is 57.4 Å². The molecule has 0 aromatic heterocycles. The highest BCUT2D eigenvalue weighted by Crippen LogP contribution is 2.40. The second-order valence-corrected chi connectivity index (χ2v) is 5.03. The van der Waals surface area contributed by atoms with Crippen LogP contribution in [-0.4, -0.2) is 19.0 Å². The Morgan fingerprint density at radius 3 is 2.57 bits per heavy atom. The van der Waals surface area contributed by atoms with Gasteiger partial charge in [0, 0.05) is 0 Å². The molecule has 0 spiro atoms. The van der Waals surface area contributed by atoms with E-state index in [1.54, 1.807) is 7.11 Å². The summed E-state index contributed by atoms with van der Waals surface area (Å²) in [6.45, 7) is 0.243. The van der Waals surface area contributed by atoms with Crippen LogP contribution in [0.5, 0.6) is 17.2 Å². The van der Waals surface area contributed by atoms with E-state index in [4.69, 9.17) is 14.2 Å². The zero-order chi connectivity index (χ0) is 14.4. The van der Waals surface area contributed by atoms with Gasteiger partial charge < -0.3 is 19.3 Å². The quantitative estimate of drug-likeness (QED) is 0.733. The molecule has 0 saturated carbocycles. The Kier molecular flexibility index (Phi) is 2.65. The lowest BCUT2D eigenvalue weighted by molar-refractivity contribution is 0.174. The van der Waals surface area contributed by atoms with Crippen LogP contribution in [0.25, 0.3) is 21.5 Å². The number of aliphatic hydroxyl groups is 1. The fourth-order valence-electron chi connectivity index (χ4n) is 2.86. The Morgan fingerprint density at radius 2 is 1.81 bits per heavy atom. The summed E-state index contributed by atoms with van der Waals surface area (Å²) in [5, 5.41) is 13.8. The van der Waals surface area contributed by atoms with E-state index in [1.807, 2.05) is 36.4 Å². The summed E-state index contributed by atoms with van der Waals surface area (Å²) < 4.78 is 16.2. The van der Waals surface area contributed by atoms with Crippen molar-refractivity contribution in [3.63, 3.8) is 0 Å². The van der Waals surface area contributed by atoms with Gasteiger partial charge >= 0.3 is 0 Å². The number of ether oxygens (including phenoxy) is 3. The van der Waals surface area contributed by atoms with Crippen molar-refractivity contribution < 1.29 is 19.3 Å². The minimum absolute atomic E-state index is 0.00674. The van der Waals surface area contributed by atoms with E-state index in [9.17, 15) is 5.11 Å². The van der Waals surface area contributed by atoms with Gasteiger partial charge in [0.05, 0.1) is 13.7 Å². The van der Waals surface area contributed by atoms with Crippen LogP contribution >= 0.6 is 0 Å². The summed E-state index contributed by atoms with van der Waals surface area (Å²) in [7, 11) is 1.65. The summed E-state index contributed by atoms with van der Waals surface area (Å²) in [5.41, 5.74) is 0.888. The van der Waals surface area contributed by atoms with Crippen LogP contribution in [0.2, 0.25) is 0 Å². The second-order valence-electron chi connectivity index (χ2n) is 5.03. The molecule has 21 heavy (non-hydrogen) atoms. The van der Waals surface area contributed by atoms with E-state index in [0.717, 1.165) is 44.4 Å². The predicted octanol–water partition coefficient (Wildman–Crippen LogP) is 3.22. The van der Waals surface area contributed by atoms with E-state index in [1.165, 1.54) is 0 Å². The summed E-state index contributed by atoms with van der Waals surface area (Å²) in [4.78, 5) is 0. The van der Waals surface area contributed by atoms with Crippen LogP contribution in [0.4, 0.5) is 0 Å². The molecule has 1 N–H and O–H groups in total. The monoisotopic (exact) mass is 282 g/mol. The molecule has 4 rings (SSSR count). The fourth-order valence-corrected chi connectivity index (χ4v) is 2.86. The lowest BCUT2D eigenvalue weighted by Gasteiger charge is -2.11. The average Bonchev–Trinajstić information content (AvgIpc) is 2.98. The van der Waals surface area contributed by atoms with Crippen LogP contribution in [-0.2, 0) is 6.61 Å². The lowest BCUT2D eigenvalue weighted by Crippen LogP contribution is -1.92. The van der Waals surface area contributed by atoms with E-state index < -0.39 is 0 Å². The van der Waals surface area contributed by atoms with Crippen LogP contribution in [0.3, 0.4) is 0 Å². The van der Waals surface area contributed by atoms with Gasteiger partial charge in [0.1, 0.15) is 5.75 Å². The Morgan fingerprint density at radius 1 is 1.00 bits per heavy atom. The normalized spacial score (nSPS) is 13.0. The van der Waals surface area contributed by atoms with Crippen LogP contribution < -0.4 is 14.2 Å². The Balaban J connectivity index is 2.14. The third kappa shape index (κ3) is 1.80. The van der Waals surface area contributed by atoms with Crippen molar-refractivity contribution in [1.29, 1.82) is 0 Å². The van der Waals surface area contributed by atoms with Gasteiger partial charge in [0.25, 0.3) is 0 Å². The molecule has 0 saturated heterocycles. The molecule has 3 aromatic rings. The Labute approximate surface area is 121 Å². The minimum Gasteiger partial charge on any atom is -0.497 e. The van der Waals surface area contributed by atoms with Gasteiger partial charge in [0.15, 0.2) is 11.5 Å². The summed E-state index contributed by atoms with van der Waals surface area (Å²) in [6.07, 6.45) is 0. The Hall–Kier alpha value is -2.46. The zero-order valence-corrected chi connectivity index (χ0v) is 11.6. The summed E-state index contributed by atoms with van der Waals surface area (Å²) in [5.74, 6) is 2.29. The van der Waals surface area contributed by atoms with Crippen molar-refractivity contribution in [2.24, 2.45) is 0 Å². The van der Waals surface area contributed by atoms with E-state index in [-0.39, 0.29) is 13.4 Å². The van der Waals surface area contributed by atoms with E-state index in [2.05, 4.69) is 0 Å². The maximum atomic E-state index is 9.63. The molecule has 4 heteroatoms. The summed E-state index contributed by atoms with van der Waals surface area (Å²) >= 11 is 0. The molecule has 0 fully saturated rings. The van der Waals surface area contributed by atoms with Crippen molar-refractivity contribution in [2.75, 3.05) is 13.9 Å².